The van der Waals surface area contributed by atoms with Crippen molar-refractivity contribution in [1.82, 2.24) is 0 Å². The standard InChI is InChI=1S/C21H30O6/c1-2-3-10-26-19-13-16(21(22)23)6-8-17(19)25-11-4-9-24-14-15-5-7-18-20(12-15)27-18/h6,8,13,15,18,20H,2-5,7,9-12,14H2,1H3,(H,22,23). The van der Waals surface area contributed by atoms with Crippen LogP contribution >= 0.6 is 0 Å². The molecule has 3 unspecified atom stereocenters. The van der Waals surface area contributed by atoms with E-state index in [1.54, 1.807) is 6.07 Å². The van der Waals surface area contributed by atoms with Gasteiger partial charge in [0.2, 0.25) is 0 Å². The van der Waals surface area contributed by atoms with Crippen LogP contribution in [-0.2, 0) is 9.47 Å². The highest BCUT2D eigenvalue weighted by Crippen LogP contribution is 2.39. The smallest absolute Gasteiger partial charge is 0.335 e. The molecule has 2 fully saturated rings. The zero-order chi connectivity index (χ0) is 19.1. The van der Waals surface area contributed by atoms with Crippen molar-refractivity contribution in [3.63, 3.8) is 0 Å². The lowest BCUT2D eigenvalue weighted by Gasteiger charge is -2.18. The van der Waals surface area contributed by atoms with Crippen LogP contribution in [0.5, 0.6) is 11.5 Å². The molecule has 1 heterocycles. The van der Waals surface area contributed by atoms with Crippen molar-refractivity contribution in [1.29, 1.82) is 0 Å². The van der Waals surface area contributed by atoms with Crippen molar-refractivity contribution >= 4 is 5.97 Å². The molecule has 0 aromatic heterocycles. The van der Waals surface area contributed by atoms with E-state index >= 15 is 0 Å². The number of benzene rings is 1. The Balaban J connectivity index is 1.37. The van der Waals surface area contributed by atoms with Gasteiger partial charge >= 0.3 is 5.97 Å². The van der Waals surface area contributed by atoms with Crippen LogP contribution in [0.15, 0.2) is 18.2 Å². The Labute approximate surface area is 160 Å². The van der Waals surface area contributed by atoms with Gasteiger partial charge in [0, 0.05) is 19.6 Å². The number of unbranched alkanes of at least 4 members (excludes halogenated alkanes) is 1. The maximum absolute atomic E-state index is 11.2. The third kappa shape index (κ3) is 6.11. The second-order valence-electron chi connectivity index (χ2n) is 7.34. The Morgan fingerprint density at radius 3 is 2.70 bits per heavy atom. The molecule has 0 spiro atoms. The van der Waals surface area contributed by atoms with Gasteiger partial charge in [0.25, 0.3) is 0 Å². The third-order valence-electron chi connectivity index (χ3n) is 5.10. The Bertz CT molecular complexity index is 617. The molecule has 0 amide bonds. The Kier molecular flexibility index (Phi) is 7.35. The molecule has 1 aromatic rings. The van der Waals surface area contributed by atoms with E-state index in [1.165, 1.54) is 25.0 Å². The van der Waals surface area contributed by atoms with Crippen molar-refractivity contribution in [2.45, 2.75) is 57.7 Å². The monoisotopic (exact) mass is 378 g/mol. The molecule has 3 rings (SSSR count). The lowest BCUT2D eigenvalue weighted by Crippen LogP contribution is -2.19. The molecule has 0 radical (unpaired) electrons. The van der Waals surface area contributed by atoms with Gasteiger partial charge in [0.1, 0.15) is 0 Å². The number of carbonyl (C=O) groups is 1. The predicted octanol–water partition coefficient (Wildman–Crippen LogP) is 3.92. The summed E-state index contributed by atoms with van der Waals surface area (Å²) >= 11 is 0. The zero-order valence-corrected chi connectivity index (χ0v) is 16.0. The van der Waals surface area contributed by atoms with E-state index < -0.39 is 5.97 Å². The first kappa shape index (κ1) is 20.0. The first-order valence-corrected chi connectivity index (χ1v) is 10.0. The van der Waals surface area contributed by atoms with Crippen LogP contribution in [-0.4, -0.2) is 49.7 Å². The van der Waals surface area contributed by atoms with Gasteiger partial charge in [-0.2, -0.15) is 0 Å². The normalized spacial score (nSPS) is 23.5. The van der Waals surface area contributed by atoms with E-state index in [1.807, 2.05) is 0 Å². The highest BCUT2D eigenvalue weighted by atomic mass is 16.6. The molecule has 1 aliphatic heterocycles. The molecule has 3 atom stereocenters. The predicted molar refractivity (Wildman–Crippen MR) is 101 cm³/mol. The first-order chi connectivity index (χ1) is 13.2. The van der Waals surface area contributed by atoms with Gasteiger partial charge < -0.3 is 24.1 Å². The summed E-state index contributed by atoms with van der Waals surface area (Å²) in [5, 5.41) is 9.15. The van der Waals surface area contributed by atoms with Gasteiger partial charge in [-0.25, -0.2) is 4.79 Å². The lowest BCUT2D eigenvalue weighted by molar-refractivity contribution is 0.0696. The maximum Gasteiger partial charge on any atom is 0.335 e. The van der Waals surface area contributed by atoms with Crippen LogP contribution in [0.3, 0.4) is 0 Å². The van der Waals surface area contributed by atoms with Crippen LogP contribution in [0.2, 0.25) is 0 Å². The van der Waals surface area contributed by atoms with Gasteiger partial charge in [-0.15, -0.1) is 0 Å². The van der Waals surface area contributed by atoms with E-state index in [0.717, 1.165) is 32.3 Å². The van der Waals surface area contributed by atoms with Crippen LogP contribution in [0, 0.1) is 5.92 Å². The summed E-state index contributed by atoms with van der Waals surface area (Å²) in [6, 6.07) is 4.73. The van der Waals surface area contributed by atoms with Crippen LogP contribution in [0.25, 0.3) is 0 Å². The molecule has 1 saturated heterocycles. The number of rotatable bonds is 12. The zero-order valence-electron chi connectivity index (χ0n) is 16.0. The molecule has 6 nitrogen and oxygen atoms in total. The largest absolute Gasteiger partial charge is 0.490 e. The molecule has 0 bridgehead atoms. The summed E-state index contributed by atoms with van der Waals surface area (Å²) in [6.07, 6.45) is 7.26. The van der Waals surface area contributed by atoms with Crippen molar-refractivity contribution in [3.8, 4) is 11.5 Å². The third-order valence-corrected chi connectivity index (χ3v) is 5.10. The minimum atomic E-state index is -0.971. The van der Waals surface area contributed by atoms with E-state index in [2.05, 4.69) is 6.92 Å². The number of epoxide rings is 1. The van der Waals surface area contributed by atoms with E-state index in [4.69, 9.17) is 24.1 Å². The molecule has 1 N–H and O–H groups in total. The summed E-state index contributed by atoms with van der Waals surface area (Å²) in [6.45, 7) is 4.59. The second kappa shape index (κ2) is 9.95. The minimum Gasteiger partial charge on any atom is -0.490 e. The fourth-order valence-corrected chi connectivity index (χ4v) is 3.43. The fraction of sp³-hybridized carbons (Fsp3) is 0.667. The average molecular weight is 378 g/mol. The topological polar surface area (TPSA) is 77.5 Å². The van der Waals surface area contributed by atoms with Crippen molar-refractivity contribution < 1.29 is 28.8 Å². The Morgan fingerprint density at radius 1 is 1.11 bits per heavy atom. The van der Waals surface area contributed by atoms with Crippen LogP contribution in [0.4, 0.5) is 0 Å². The second-order valence-corrected chi connectivity index (χ2v) is 7.34. The molecule has 27 heavy (non-hydrogen) atoms. The van der Waals surface area contributed by atoms with E-state index in [9.17, 15) is 4.79 Å². The number of hydrogen-bond acceptors (Lipinski definition) is 5. The fourth-order valence-electron chi connectivity index (χ4n) is 3.43. The molecule has 150 valence electrons. The number of hydrogen-bond donors (Lipinski definition) is 1. The van der Waals surface area contributed by atoms with Gasteiger partial charge in [-0.3, -0.25) is 0 Å². The first-order valence-electron chi connectivity index (χ1n) is 10.0. The van der Waals surface area contributed by atoms with Crippen LogP contribution in [0.1, 0.15) is 55.8 Å². The molecular formula is C21H30O6. The van der Waals surface area contributed by atoms with E-state index in [-0.39, 0.29) is 5.56 Å². The molecule has 2 aliphatic rings. The number of carboxylic acids is 1. The summed E-state index contributed by atoms with van der Waals surface area (Å²) in [4.78, 5) is 11.2. The molecule has 1 aromatic carbocycles. The molecular weight excluding hydrogens is 348 g/mol. The maximum atomic E-state index is 11.2. The average Bonchev–Trinajstić information content (AvgIpc) is 3.44. The van der Waals surface area contributed by atoms with Gasteiger partial charge in [0.15, 0.2) is 11.5 Å². The van der Waals surface area contributed by atoms with Gasteiger partial charge in [-0.1, -0.05) is 13.3 Å². The van der Waals surface area contributed by atoms with Gasteiger partial charge in [-0.05, 0) is 49.8 Å². The highest BCUT2D eigenvalue weighted by Gasteiger charge is 2.43. The van der Waals surface area contributed by atoms with E-state index in [0.29, 0.717) is 49.4 Å². The highest BCUT2D eigenvalue weighted by molar-refractivity contribution is 5.88. The quantitative estimate of drug-likeness (QED) is 0.439. The number of fused-ring (bicyclic) bond motifs is 1. The Morgan fingerprint density at radius 2 is 1.93 bits per heavy atom. The lowest BCUT2D eigenvalue weighted by atomic mass is 9.90. The Hall–Kier alpha value is -1.79. The van der Waals surface area contributed by atoms with Crippen LogP contribution < -0.4 is 9.47 Å². The summed E-state index contributed by atoms with van der Waals surface area (Å²) in [7, 11) is 0. The SMILES string of the molecule is CCCCOc1cc(C(=O)O)ccc1OCCCOCC1CCC2OC2C1. The molecule has 1 saturated carbocycles. The summed E-state index contributed by atoms with van der Waals surface area (Å²) in [5.74, 6) is 0.725. The van der Waals surface area contributed by atoms with Crippen molar-refractivity contribution in [3.05, 3.63) is 23.8 Å². The molecule has 1 aliphatic carbocycles. The molecule has 6 heteroatoms. The number of aromatic carboxylic acids is 1. The minimum absolute atomic E-state index is 0.201. The van der Waals surface area contributed by atoms with Crippen molar-refractivity contribution in [2.75, 3.05) is 26.4 Å². The summed E-state index contributed by atoms with van der Waals surface area (Å²) < 4.78 is 22.8. The van der Waals surface area contributed by atoms with Crippen molar-refractivity contribution in [2.24, 2.45) is 5.92 Å². The number of ether oxygens (including phenoxy) is 4. The summed E-state index contributed by atoms with van der Waals surface area (Å²) in [5.41, 5.74) is 0.201. The van der Waals surface area contributed by atoms with Gasteiger partial charge in [0.05, 0.1) is 31.0 Å². The number of carboxylic acid groups (broad SMARTS) is 1.